The van der Waals surface area contributed by atoms with E-state index in [2.05, 4.69) is 4.98 Å². The second-order valence-corrected chi connectivity index (χ2v) is 6.76. The van der Waals surface area contributed by atoms with Gasteiger partial charge in [-0.1, -0.05) is 12.1 Å². The lowest BCUT2D eigenvalue weighted by molar-refractivity contribution is -0.114. The van der Waals surface area contributed by atoms with E-state index in [0.29, 0.717) is 22.3 Å². The molecule has 0 aliphatic carbocycles. The Bertz CT molecular complexity index is 1030. The molecule has 1 amide bonds. The molecule has 0 aliphatic rings. The van der Waals surface area contributed by atoms with Crippen molar-refractivity contribution in [2.75, 3.05) is 0 Å². The van der Waals surface area contributed by atoms with Crippen LogP contribution in [0.5, 0.6) is 0 Å². The average Bonchev–Trinajstić information content (AvgIpc) is 2.97. The van der Waals surface area contributed by atoms with E-state index in [1.165, 1.54) is 18.3 Å². The van der Waals surface area contributed by atoms with Crippen LogP contribution in [0.25, 0.3) is 16.8 Å². The lowest BCUT2D eigenvalue weighted by atomic mass is 10.2. The van der Waals surface area contributed by atoms with Crippen molar-refractivity contribution in [3.63, 3.8) is 0 Å². The first kappa shape index (κ1) is 15.9. The largest absolute Gasteiger partial charge is 0.462 e. The van der Waals surface area contributed by atoms with Crippen molar-refractivity contribution in [3.05, 3.63) is 66.4 Å². The number of hydrogen-bond donors (Lipinski definition) is 1. The van der Waals surface area contributed by atoms with Crippen LogP contribution in [0.1, 0.15) is 11.5 Å². The van der Waals surface area contributed by atoms with Crippen LogP contribution in [0.3, 0.4) is 0 Å². The molecule has 0 unspecified atom stereocenters. The van der Waals surface area contributed by atoms with Crippen LogP contribution in [0, 0.1) is 6.92 Å². The molecule has 24 heavy (non-hydrogen) atoms. The van der Waals surface area contributed by atoms with Gasteiger partial charge in [0.1, 0.15) is 11.5 Å². The van der Waals surface area contributed by atoms with Crippen molar-refractivity contribution in [2.24, 2.45) is 0 Å². The van der Waals surface area contributed by atoms with Gasteiger partial charge < -0.3 is 4.42 Å². The summed E-state index contributed by atoms with van der Waals surface area (Å²) >= 11 is 0. The summed E-state index contributed by atoms with van der Waals surface area (Å²) in [6.45, 7) is 1.78. The SMILES string of the molecule is Cc1ccc(/C=C/C(=O)NS(=O)(=O)c2cccc3cnccc23)o1. The highest BCUT2D eigenvalue weighted by molar-refractivity contribution is 7.90. The Labute approximate surface area is 138 Å². The molecule has 6 nitrogen and oxygen atoms in total. The molecule has 0 atom stereocenters. The molecule has 0 radical (unpaired) electrons. The number of amides is 1. The number of carbonyl (C=O) groups is 1. The smallest absolute Gasteiger partial charge is 0.264 e. The fourth-order valence-electron chi connectivity index (χ4n) is 2.25. The molecule has 0 aliphatic heterocycles. The third kappa shape index (κ3) is 3.36. The Kier molecular flexibility index (Phi) is 4.18. The highest BCUT2D eigenvalue weighted by atomic mass is 32.2. The number of hydrogen-bond acceptors (Lipinski definition) is 5. The Balaban J connectivity index is 1.85. The summed E-state index contributed by atoms with van der Waals surface area (Å²) in [7, 11) is -3.99. The van der Waals surface area contributed by atoms with Gasteiger partial charge in [-0.3, -0.25) is 9.78 Å². The van der Waals surface area contributed by atoms with Gasteiger partial charge in [-0.15, -0.1) is 0 Å². The number of aromatic nitrogens is 1. The first-order chi connectivity index (χ1) is 11.5. The van der Waals surface area contributed by atoms with E-state index in [0.717, 1.165) is 6.08 Å². The second-order valence-electron chi connectivity index (χ2n) is 5.10. The highest BCUT2D eigenvalue weighted by Crippen LogP contribution is 2.21. The lowest BCUT2D eigenvalue weighted by Gasteiger charge is -2.07. The predicted octanol–water partition coefficient (Wildman–Crippen LogP) is 2.65. The molecular formula is C17H14N2O4S. The number of furan rings is 1. The van der Waals surface area contributed by atoms with Gasteiger partial charge in [-0.05, 0) is 37.3 Å². The third-order valence-electron chi connectivity index (χ3n) is 3.33. The van der Waals surface area contributed by atoms with Crippen molar-refractivity contribution in [1.29, 1.82) is 0 Å². The number of benzene rings is 1. The third-order valence-corrected chi connectivity index (χ3v) is 4.73. The Morgan fingerprint density at radius 3 is 2.79 bits per heavy atom. The zero-order valence-corrected chi connectivity index (χ0v) is 13.6. The van der Waals surface area contributed by atoms with Gasteiger partial charge in [-0.2, -0.15) is 0 Å². The van der Waals surface area contributed by atoms with Crippen LogP contribution < -0.4 is 4.72 Å². The molecule has 0 spiro atoms. The molecule has 122 valence electrons. The normalized spacial score (nSPS) is 11.9. The number of fused-ring (bicyclic) bond motifs is 1. The summed E-state index contributed by atoms with van der Waals surface area (Å²) in [6, 6.07) is 9.82. The van der Waals surface area contributed by atoms with Crippen molar-refractivity contribution in [1.82, 2.24) is 9.71 Å². The Hall–Kier alpha value is -2.93. The standard InChI is InChI=1S/C17H14N2O4S/c1-12-5-6-14(23-12)7-8-17(20)19-24(21,22)16-4-2-3-13-11-18-10-9-15(13)16/h2-11H,1H3,(H,19,20)/b8-7+. The number of nitrogens with zero attached hydrogens (tertiary/aromatic N) is 1. The van der Waals surface area contributed by atoms with Gasteiger partial charge in [0.05, 0.1) is 4.90 Å². The summed E-state index contributed by atoms with van der Waals surface area (Å²) in [5, 5.41) is 1.17. The van der Waals surface area contributed by atoms with Crippen LogP contribution >= 0.6 is 0 Å². The second kappa shape index (κ2) is 6.29. The minimum atomic E-state index is -3.99. The number of carbonyl (C=O) groups excluding carboxylic acids is 1. The summed E-state index contributed by atoms with van der Waals surface area (Å²) < 4.78 is 32.2. The van der Waals surface area contributed by atoms with Gasteiger partial charge in [0.2, 0.25) is 0 Å². The molecule has 3 rings (SSSR count). The minimum Gasteiger partial charge on any atom is -0.462 e. The van der Waals surface area contributed by atoms with Gasteiger partial charge in [0.25, 0.3) is 15.9 Å². The number of aryl methyl sites for hydroxylation is 1. The van der Waals surface area contributed by atoms with Gasteiger partial charge in [-0.25, -0.2) is 13.1 Å². The monoisotopic (exact) mass is 342 g/mol. The fourth-order valence-corrected chi connectivity index (χ4v) is 3.43. The minimum absolute atomic E-state index is 0.0259. The van der Waals surface area contributed by atoms with Crippen LogP contribution in [0.4, 0.5) is 0 Å². The predicted molar refractivity (Wildman–Crippen MR) is 89.6 cm³/mol. The van der Waals surface area contributed by atoms with Gasteiger partial charge in [0, 0.05) is 29.2 Å². The molecule has 2 aromatic heterocycles. The van der Waals surface area contributed by atoms with E-state index in [4.69, 9.17) is 4.42 Å². The quantitative estimate of drug-likeness (QED) is 0.736. The first-order valence-corrected chi connectivity index (χ1v) is 8.58. The summed E-state index contributed by atoms with van der Waals surface area (Å²) in [4.78, 5) is 15.9. The molecular weight excluding hydrogens is 328 g/mol. The fraction of sp³-hybridized carbons (Fsp3) is 0.0588. The van der Waals surface area contributed by atoms with Crippen LogP contribution in [-0.4, -0.2) is 19.3 Å². The van der Waals surface area contributed by atoms with E-state index < -0.39 is 15.9 Å². The van der Waals surface area contributed by atoms with Crippen molar-refractivity contribution in [3.8, 4) is 0 Å². The average molecular weight is 342 g/mol. The summed E-state index contributed by atoms with van der Waals surface area (Å²) in [5.74, 6) is 0.415. The molecule has 0 saturated heterocycles. The lowest BCUT2D eigenvalue weighted by Crippen LogP contribution is -2.29. The van der Waals surface area contributed by atoms with Gasteiger partial charge >= 0.3 is 0 Å². The molecule has 0 fully saturated rings. The Morgan fingerprint density at radius 2 is 2.04 bits per heavy atom. The van der Waals surface area contributed by atoms with Crippen LogP contribution in [-0.2, 0) is 14.8 Å². The van der Waals surface area contributed by atoms with Crippen molar-refractivity contribution >= 4 is 32.8 Å². The van der Waals surface area contributed by atoms with E-state index in [9.17, 15) is 13.2 Å². The molecule has 2 heterocycles. The molecule has 3 aromatic rings. The number of rotatable bonds is 4. The van der Waals surface area contributed by atoms with Gasteiger partial charge in [0.15, 0.2) is 0 Å². The molecule has 0 saturated carbocycles. The van der Waals surface area contributed by atoms with E-state index >= 15 is 0 Å². The zero-order valence-electron chi connectivity index (χ0n) is 12.8. The first-order valence-electron chi connectivity index (χ1n) is 7.10. The number of pyridine rings is 1. The van der Waals surface area contributed by atoms with E-state index in [1.54, 1.807) is 43.5 Å². The number of nitrogens with one attached hydrogen (secondary N) is 1. The topological polar surface area (TPSA) is 89.3 Å². The molecule has 1 aromatic carbocycles. The summed E-state index contributed by atoms with van der Waals surface area (Å²) in [5.41, 5.74) is 0. The van der Waals surface area contributed by atoms with Crippen LogP contribution in [0.2, 0.25) is 0 Å². The highest BCUT2D eigenvalue weighted by Gasteiger charge is 2.19. The maximum absolute atomic E-state index is 12.5. The van der Waals surface area contributed by atoms with Crippen LogP contribution in [0.15, 0.2) is 64.2 Å². The summed E-state index contributed by atoms with van der Waals surface area (Å²) in [6.07, 6.45) is 5.59. The van der Waals surface area contributed by atoms with E-state index in [1.807, 2.05) is 4.72 Å². The number of sulfonamides is 1. The van der Waals surface area contributed by atoms with Crippen molar-refractivity contribution in [2.45, 2.75) is 11.8 Å². The van der Waals surface area contributed by atoms with E-state index in [-0.39, 0.29) is 4.90 Å². The Morgan fingerprint density at radius 1 is 1.21 bits per heavy atom. The molecule has 1 N–H and O–H groups in total. The molecule has 0 bridgehead atoms. The maximum atomic E-state index is 12.5. The van der Waals surface area contributed by atoms with Crippen molar-refractivity contribution < 1.29 is 17.6 Å². The maximum Gasteiger partial charge on any atom is 0.264 e. The zero-order chi connectivity index (χ0) is 17.2. The molecule has 7 heteroatoms.